The number of hydrogen-bond acceptors (Lipinski definition) is 5. The lowest BCUT2D eigenvalue weighted by Crippen LogP contribution is -2.37. The lowest BCUT2D eigenvalue weighted by atomic mass is 10.1. The molecule has 6 heteroatoms. The Morgan fingerprint density at radius 3 is 2.71 bits per heavy atom. The molecule has 1 aliphatic carbocycles. The Balaban J connectivity index is 2.44. The molecule has 0 unspecified atom stereocenters. The van der Waals surface area contributed by atoms with Crippen LogP contribution in [0.4, 0.5) is 5.69 Å². The van der Waals surface area contributed by atoms with Gasteiger partial charge in [0.2, 0.25) is 0 Å². The van der Waals surface area contributed by atoms with E-state index in [-0.39, 0.29) is 12.4 Å². The van der Waals surface area contributed by atoms with Gasteiger partial charge in [0.1, 0.15) is 5.75 Å². The highest BCUT2D eigenvalue weighted by molar-refractivity contribution is 6.02. The molecule has 1 aromatic carbocycles. The summed E-state index contributed by atoms with van der Waals surface area (Å²) in [6.07, 6.45) is 4.56. The molecule has 4 N–H and O–H groups in total. The zero-order valence-electron chi connectivity index (χ0n) is 12.3. The van der Waals surface area contributed by atoms with Gasteiger partial charge >= 0.3 is 0 Å². The number of nitrogens with zero attached hydrogens (tertiary/aromatic N) is 2. The third-order valence-electron chi connectivity index (χ3n) is 4.00. The van der Waals surface area contributed by atoms with Crippen molar-refractivity contribution in [3.05, 3.63) is 23.8 Å². The molecule has 0 bridgehead atoms. The Morgan fingerprint density at radius 2 is 2.14 bits per heavy atom. The molecule has 0 spiro atoms. The van der Waals surface area contributed by atoms with Gasteiger partial charge in [0.05, 0.1) is 19.4 Å². The first-order valence-electron chi connectivity index (χ1n) is 7.24. The molecule has 0 radical (unpaired) electrons. The van der Waals surface area contributed by atoms with Gasteiger partial charge in [-0.1, -0.05) is 18.0 Å². The standard InChI is InChI=1S/C15H23N3O3/c1-21-12-6-7-13(15(16)17-20)14(10-12)18(8-9-19)11-4-2-3-5-11/h6-7,10-11,19-20H,2-5,8-9H2,1H3,(H2,16,17). The Kier molecular flexibility index (Phi) is 5.27. The van der Waals surface area contributed by atoms with Crippen molar-refractivity contribution in [1.29, 1.82) is 0 Å². The van der Waals surface area contributed by atoms with Gasteiger partial charge in [-0.25, -0.2) is 0 Å². The lowest BCUT2D eigenvalue weighted by molar-refractivity contribution is 0.297. The highest BCUT2D eigenvalue weighted by Crippen LogP contribution is 2.32. The molecule has 1 fully saturated rings. The van der Waals surface area contributed by atoms with Crippen molar-refractivity contribution >= 4 is 11.5 Å². The third-order valence-corrected chi connectivity index (χ3v) is 4.00. The van der Waals surface area contributed by atoms with Crippen molar-refractivity contribution in [3.8, 4) is 5.75 Å². The van der Waals surface area contributed by atoms with Gasteiger partial charge in [-0.05, 0) is 25.0 Å². The first kappa shape index (κ1) is 15.4. The zero-order valence-corrected chi connectivity index (χ0v) is 12.3. The smallest absolute Gasteiger partial charge is 0.172 e. The lowest BCUT2D eigenvalue weighted by Gasteiger charge is -2.32. The largest absolute Gasteiger partial charge is 0.497 e. The van der Waals surface area contributed by atoms with E-state index in [1.807, 2.05) is 6.07 Å². The van der Waals surface area contributed by atoms with Crippen LogP contribution in [0.1, 0.15) is 31.2 Å². The number of oxime groups is 1. The fourth-order valence-electron chi connectivity index (χ4n) is 2.97. The summed E-state index contributed by atoms with van der Waals surface area (Å²) < 4.78 is 5.28. The van der Waals surface area contributed by atoms with Crippen molar-refractivity contribution in [2.75, 3.05) is 25.2 Å². The molecule has 0 heterocycles. The summed E-state index contributed by atoms with van der Waals surface area (Å²) in [6.45, 7) is 0.576. The molecular formula is C15H23N3O3. The van der Waals surface area contributed by atoms with Gasteiger partial charge in [0.15, 0.2) is 5.84 Å². The second-order valence-corrected chi connectivity index (χ2v) is 5.22. The van der Waals surface area contributed by atoms with Crippen LogP contribution in [-0.2, 0) is 0 Å². The number of amidine groups is 1. The first-order chi connectivity index (χ1) is 10.2. The van der Waals surface area contributed by atoms with Crippen LogP contribution in [-0.4, -0.2) is 42.5 Å². The fraction of sp³-hybridized carbons (Fsp3) is 0.533. The topological polar surface area (TPSA) is 91.3 Å². The molecule has 0 atom stereocenters. The van der Waals surface area contributed by atoms with E-state index in [2.05, 4.69) is 10.1 Å². The van der Waals surface area contributed by atoms with Crippen LogP contribution in [0.15, 0.2) is 23.4 Å². The number of ether oxygens (including phenoxy) is 1. The Morgan fingerprint density at radius 1 is 1.43 bits per heavy atom. The van der Waals surface area contributed by atoms with E-state index >= 15 is 0 Å². The molecule has 2 rings (SSSR count). The third kappa shape index (κ3) is 3.39. The predicted molar refractivity (Wildman–Crippen MR) is 82.2 cm³/mol. The number of benzene rings is 1. The van der Waals surface area contributed by atoms with Gasteiger partial charge in [0, 0.05) is 24.2 Å². The normalized spacial score (nSPS) is 16.2. The quantitative estimate of drug-likeness (QED) is 0.320. The van der Waals surface area contributed by atoms with Crippen LogP contribution in [0.2, 0.25) is 0 Å². The maximum absolute atomic E-state index is 9.39. The maximum atomic E-state index is 9.39. The maximum Gasteiger partial charge on any atom is 0.172 e. The molecule has 0 saturated heterocycles. The van der Waals surface area contributed by atoms with Crippen molar-refractivity contribution in [1.82, 2.24) is 0 Å². The van der Waals surface area contributed by atoms with E-state index in [0.29, 0.717) is 23.9 Å². The number of aliphatic hydroxyl groups is 1. The van der Waals surface area contributed by atoms with Crippen LogP contribution in [0, 0.1) is 0 Å². The average molecular weight is 293 g/mol. The van der Waals surface area contributed by atoms with E-state index in [1.165, 1.54) is 12.8 Å². The summed E-state index contributed by atoms with van der Waals surface area (Å²) in [5.74, 6) is 0.772. The second-order valence-electron chi connectivity index (χ2n) is 5.22. The molecular weight excluding hydrogens is 270 g/mol. The molecule has 116 valence electrons. The van der Waals surface area contributed by atoms with Gasteiger partial charge in [-0.2, -0.15) is 0 Å². The van der Waals surface area contributed by atoms with E-state index in [0.717, 1.165) is 18.5 Å². The summed E-state index contributed by atoms with van der Waals surface area (Å²) in [5.41, 5.74) is 7.28. The van der Waals surface area contributed by atoms with Crippen LogP contribution >= 0.6 is 0 Å². The summed E-state index contributed by atoms with van der Waals surface area (Å²) in [7, 11) is 1.61. The minimum atomic E-state index is 0.0589. The minimum Gasteiger partial charge on any atom is -0.497 e. The van der Waals surface area contributed by atoms with Gasteiger partial charge in [0.25, 0.3) is 0 Å². The number of methoxy groups -OCH3 is 1. The van der Waals surface area contributed by atoms with Gasteiger partial charge < -0.3 is 25.7 Å². The molecule has 1 saturated carbocycles. The zero-order chi connectivity index (χ0) is 15.2. The highest BCUT2D eigenvalue weighted by atomic mass is 16.5. The molecule has 1 aromatic rings. The average Bonchev–Trinajstić information content (AvgIpc) is 3.05. The summed E-state index contributed by atoms with van der Waals surface area (Å²) in [6, 6.07) is 5.81. The van der Waals surface area contributed by atoms with Crippen molar-refractivity contribution in [3.63, 3.8) is 0 Å². The Labute approximate surface area is 124 Å². The van der Waals surface area contributed by atoms with E-state index in [4.69, 9.17) is 15.7 Å². The second kappa shape index (κ2) is 7.17. The van der Waals surface area contributed by atoms with Crippen LogP contribution in [0.5, 0.6) is 5.75 Å². The highest BCUT2D eigenvalue weighted by Gasteiger charge is 2.25. The summed E-state index contributed by atoms with van der Waals surface area (Å²) in [5, 5.41) is 21.5. The number of anilines is 1. The SMILES string of the molecule is COc1ccc(/C(N)=N/O)c(N(CCO)C2CCCC2)c1. The van der Waals surface area contributed by atoms with Crippen molar-refractivity contribution in [2.24, 2.45) is 10.9 Å². The summed E-state index contributed by atoms with van der Waals surface area (Å²) in [4.78, 5) is 2.14. The number of rotatable bonds is 6. The van der Waals surface area contributed by atoms with Crippen LogP contribution in [0.3, 0.4) is 0 Å². The predicted octanol–water partition coefficient (Wildman–Crippen LogP) is 1.53. The molecule has 6 nitrogen and oxygen atoms in total. The number of hydrogen-bond donors (Lipinski definition) is 3. The minimum absolute atomic E-state index is 0.0589. The molecule has 21 heavy (non-hydrogen) atoms. The van der Waals surface area contributed by atoms with Crippen molar-refractivity contribution < 1.29 is 15.1 Å². The molecule has 0 amide bonds. The Bertz CT molecular complexity index is 499. The van der Waals surface area contributed by atoms with Crippen LogP contribution < -0.4 is 15.4 Å². The van der Waals surface area contributed by atoms with E-state index in [9.17, 15) is 5.11 Å². The fourth-order valence-corrected chi connectivity index (χ4v) is 2.97. The molecule has 0 aromatic heterocycles. The number of nitrogens with two attached hydrogens (primary N) is 1. The van der Waals surface area contributed by atoms with Gasteiger partial charge in [-0.15, -0.1) is 0 Å². The monoisotopic (exact) mass is 293 g/mol. The van der Waals surface area contributed by atoms with E-state index in [1.54, 1.807) is 19.2 Å². The first-order valence-corrected chi connectivity index (χ1v) is 7.24. The molecule has 0 aliphatic heterocycles. The van der Waals surface area contributed by atoms with Crippen molar-refractivity contribution in [2.45, 2.75) is 31.7 Å². The summed E-state index contributed by atoms with van der Waals surface area (Å²) >= 11 is 0. The van der Waals surface area contributed by atoms with E-state index < -0.39 is 0 Å². The van der Waals surface area contributed by atoms with Gasteiger partial charge in [-0.3, -0.25) is 0 Å². The number of aliphatic hydroxyl groups excluding tert-OH is 1. The Hall–Kier alpha value is -1.95. The van der Waals surface area contributed by atoms with Crippen LogP contribution in [0.25, 0.3) is 0 Å². The molecule has 1 aliphatic rings.